The van der Waals surface area contributed by atoms with Crippen LogP contribution in [-0.4, -0.2) is 55.3 Å². The highest BCUT2D eigenvalue weighted by molar-refractivity contribution is 5.98. The molecule has 11 heteroatoms. The third kappa shape index (κ3) is 4.34. The second kappa shape index (κ2) is 8.89. The van der Waals surface area contributed by atoms with Crippen LogP contribution in [0.1, 0.15) is 47.3 Å². The van der Waals surface area contributed by atoms with Crippen molar-refractivity contribution >= 4 is 11.7 Å². The summed E-state index contributed by atoms with van der Waals surface area (Å²) in [5, 5.41) is 9.71. The summed E-state index contributed by atoms with van der Waals surface area (Å²) in [4.78, 5) is 12.7. The van der Waals surface area contributed by atoms with Gasteiger partial charge < -0.3 is 24.8 Å². The monoisotopic (exact) mass is 454 g/mol. The molecule has 3 atom stereocenters. The number of carbonyl (C=O) groups is 1. The quantitative estimate of drug-likeness (QED) is 0.695. The summed E-state index contributed by atoms with van der Waals surface area (Å²) in [6, 6.07) is 2.36. The average Bonchev–Trinajstić information content (AvgIpc) is 3.45. The van der Waals surface area contributed by atoms with E-state index in [-0.39, 0.29) is 23.9 Å². The lowest BCUT2D eigenvalue weighted by Crippen LogP contribution is -2.37. The van der Waals surface area contributed by atoms with E-state index < -0.39 is 24.2 Å². The van der Waals surface area contributed by atoms with Crippen LogP contribution in [0.4, 0.5) is 19.0 Å². The van der Waals surface area contributed by atoms with Gasteiger partial charge in [-0.15, -0.1) is 0 Å². The molecule has 2 N–H and O–H groups in total. The third-order valence-corrected chi connectivity index (χ3v) is 5.81. The summed E-state index contributed by atoms with van der Waals surface area (Å²) >= 11 is 0. The standard InChI is InChI=1S/C21H25F3N4O4/c1-30-16-6-5-12(8-17(16)31-2)15-9-18(21(22,23)24)28-19(27-15)14(11-26-28)20(29)25-10-13-4-3-7-32-13/h5-6,8,11,13,15,18,27H,3-4,7,9-10H2,1-2H3,(H,25,29)/t13-,15+,18-/m1/s1. The summed E-state index contributed by atoms with van der Waals surface area (Å²) in [5.74, 6) is 0.411. The molecule has 32 heavy (non-hydrogen) atoms. The normalized spacial score (nSPS) is 22.7. The van der Waals surface area contributed by atoms with Crippen LogP contribution in [0.15, 0.2) is 24.4 Å². The number of halogens is 3. The van der Waals surface area contributed by atoms with E-state index in [2.05, 4.69) is 15.7 Å². The Labute approximate surface area is 183 Å². The minimum Gasteiger partial charge on any atom is -0.493 e. The van der Waals surface area contributed by atoms with Crippen LogP contribution in [-0.2, 0) is 4.74 Å². The van der Waals surface area contributed by atoms with Crippen LogP contribution < -0.4 is 20.1 Å². The minimum atomic E-state index is -4.54. The highest BCUT2D eigenvalue weighted by atomic mass is 19.4. The number of ether oxygens (including phenoxy) is 3. The van der Waals surface area contributed by atoms with Gasteiger partial charge in [-0.3, -0.25) is 4.79 Å². The zero-order valence-corrected chi connectivity index (χ0v) is 17.7. The molecular weight excluding hydrogens is 429 g/mol. The maximum absolute atomic E-state index is 13.9. The predicted octanol–water partition coefficient (Wildman–Crippen LogP) is 3.47. The maximum Gasteiger partial charge on any atom is 0.410 e. The van der Waals surface area contributed by atoms with E-state index in [9.17, 15) is 18.0 Å². The van der Waals surface area contributed by atoms with Gasteiger partial charge in [-0.2, -0.15) is 18.3 Å². The molecule has 0 unspecified atom stereocenters. The lowest BCUT2D eigenvalue weighted by Gasteiger charge is -2.34. The van der Waals surface area contributed by atoms with Crippen LogP contribution in [0.5, 0.6) is 11.5 Å². The number of hydrogen-bond donors (Lipinski definition) is 2. The molecule has 2 aliphatic heterocycles. The number of benzene rings is 1. The van der Waals surface area contributed by atoms with E-state index in [4.69, 9.17) is 14.2 Å². The van der Waals surface area contributed by atoms with E-state index in [1.807, 2.05) is 0 Å². The summed E-state index contributed by atoms with van der Waals surface area (Å²) in [6.07, 6.45) is -1.98. The van der Waals surface area contributed by atoms with Gasteiger partial charge in [0.05, 0.1) is 32.6 Å². The van der Waals surface area contributed by atoms with Crippen molar-refractivity contribution in [3.63, 3.8) is 0 Å². The molecule has 2 aromatic rings. The largest absolute Gasteiger partial charge is 0.493 e. The van der Waals surface area contributed by atoms with E-state index in [1.54, 1.807) is 18.2 Å². The maximum atomic E-state index is 13.9. The smallest absolute Gasteiger partial charge is 0.410 e. The second-order valence-corrected chi connectivity index (χ2v) is 7.80. The van der Waals surface area contributed by atoms with Crippen molar-refractivity contribution in [2.24, 2.45) is 0 Å². The average molecular weight is 454 g/mol. The zero-order chi connectivity index (χ0) is 22.9. The zero-order valence-electron chi connectivity index (χ0n) is 17.7. The van der Waals surface area contributed by atoms with Crippen LogP contribution in [0, 0.1) is 0 Å². The number of methoxy groups -OCH3 is 2. The van der Waals surface area contributed by atoms with Gasteiger partial charge in [-0.1, -0.05) is 6.07 Å². The molecule has 0 radical (unpaired) electrons. The molecule has 1 saturated heterocycles. The number of fused-ring (bicyclic) bond motifs is 1. The van der Waals surface area contributed by atoms with Crippen LogP contribution in [0.3, 0.4) is 0 Å². The van der Waals surface area contributed by atoms with E-state index in [0.717, 1.165) is 17.5 Å². The Morgan fingerprint density at radius 1 is 1.31 bits per heavy atom. The molecule has 8 nitrogen and oxygen atoms in total. The summed E-state index contributed by atoms with van der Waals surface area (Å²) < 4.78 is 58.5. The van der Waals surface area contributed by atoms with Gasteiger partial charge in [0.2, 0.25) is 0 Å². The van der Waals surface area contributed by atoms with Crippen molar-refractivity contribution in [3.8, 4) is 11.5 Å². The second-order valence-electron chi connectivity index (χ2n) is 7.80. The Morgan fingerprint density at radius 3 is 2.75 bits per heavy atom. The fourth-order valence-electron chi connectivity index (χ4n) is 4.12. The van der Waals surface area contributed by atoms with Gasteiger partial charge in [-0.05, 0) is 30.5 Å². The fraction of sp³-hybridized carbons (Fsp3) is 0.524. The number of nitrogens with one attached hydrogen (secondary N) is 2. The highest BCUT2D eigenvalue weighted by Crippen LogP contribution is 2.45. The van der Waals surface area contributed by atoms with Crippen LogP contribution in [0.2, 0.25) is 0 Å². The van der Waals surface area contributed by atoms with Crippen molar-refractivity contribution in [2.75, 3.05) is 32.7 Å². The van der Waals surface area contributed by atoms with Gasteiger partial charge in [0, 0.05) is 19.6 Å². The number of aromatic nitrogens is 2. The lowest BCUT2D eigenvalue weighted by molar-refractivity contribution is -0.173. The Hall–Kier alpha value is -2.95. The van der Waals surface area contributed by atoms with Gasteiger partial charge >= 0.3 is 6.18 Å². The minimum absolute atomic E-state index is 0.0307. The molecule has 0 spiro atoms. The van der Waals surface area contributed by atoms with E-state index in [0.29, 0.717) is 30.2 Å². The SMILES string of the molecule is COc1ccc([C@@H]2C[C@H](C(F)(F)F)n3ncc(C(=O)NC[C@H]4CCCO4)c3N2)cc1OC. The number of anilines is 1. The predicted molar refractivity (Wildman–Crippen MR) is 109 cm³/mol. The van der Waals surface area contributed by atoms with Gasteiger partial charge in [0.25, 0.3) is 5.91 Å². The highest BCUT2D eigenvalue weighted by Gasteiger charge is 2.47. The van der Waals surface area contributed by atoms with E-state index in [1.165, 1.54) is 20.4 Å². The number of nitrogens with zero attached hydrogens (tertiary/aromatic N) is 2. The molecule has 3 heterocycles. The third-order valence-electron chi connectivity index (χ3n) is 5.81. The molecule has 0 saturated carbocycles. The number of hydrogen-bond acceptors (Lipinski definition) is 6. The Morgan fingerprint density at radius 2 is 2.09 bits per heavy atom. The fourth-order valence-corrected chi connectivity index (χ4v) is 4.12. The number of rotatable bonds is 6. The molecule has 2 aliphatic rings. The molecule has 4 rings (SSSR count). The lowest BCUT2D eigenvalue weighted by atomic mass is 9.96. The van der Waals surface area contributed by atoms with Crippen LogP contribution >= 0.6 is 0 Å². The Bertz CT molecular complexity index is 972. The van der Waals surface area contributed by atoms with Crippen molar-refractivity contribution in [1.82, 2.24) is 15.1 Å². The molecule has 0 bridgehead atoms. The van der Waals surface area contributed by atoms with E-state index >= 15 is 0 Å². The van der Waals surface area contributed by atoms with Crippen molar-refractivity contribution in [2.45, 2.75) is 43.6 Å². The molecule has 0 aliphatic carbocycles. The Balaban J connectivity index is 1.63. The van der Waals surface area contributed by atoms with Gasteiger partial charge in [-0.25, -0.2) is 4.68 Å². The molecule has 174 valence electrons. The number of amides is 1. The number of carbonyl (C=O) groups excluding carboxylic acids is 1. The first-order valence-electron chi connectivity index (χ1n) is 10.3. The molecule has 1 aromatic carbocycles. The van der Waals surface area contributed by atoms with Gasteiger partial charge in [0.1, 0.15) is 11.4 Å². The van der Waals surface area contributed by atoms with Gasteiger partial charge in [0.15, 0.2) is 17.5 Å². The molecule has 1 amide bonds. The van der Waals surface area contributed by atoms with Crippen molar-refractivity contribution in [1.29, 1.82) is 0 Å². The molecule has 1 aromatic heterocycles. The molecule has 1 fully saturated rings. The first-order chi connectivity index (χ1) is 15.3. The van der Waals surface area contributed by atoms with Crippen molar-refractivity contribution < 1.29 is 32.2 Å². The topological polar surface area (TPSA) is 86.6 Å². The first kappa shape index (κ1) is 22.3. The van der Waals surface area contributed by atoms with Crippen LogP contribution in [0.25, 0.3) is 0 Å². The Kier molecular flexibility index (Phi) is 6.18. The summed E-state index contributed by atoms with van der Waals surface area (Å²) in [5.41, 5.74) is 0.637. The van der Waals surface area contributed by atoms with Crippen molar-refractivity contribution in [3.05, 3.63) is 35.5 Å². The summed E-state index contributed by atoms with van der Waals surface area (Å²) in [6.45, 7) is 0.941. The number of alkyl halides is 3. The first-order valence-corrected chi connectivity index (χ1v) is 10.3. The summed E-state index contributed by atoms with van der Waals surface area (Å²) in [7, 11) is 2.94. The molecular formula is C21H25F3N4O4.